The largest absolute Gasteiger partial charge is 0.275 e. The van der Waals surface area contributed by atoms with Crippen molar-refractivity contribution in [2.45, 2.75) is 25.7 Å². The lowest BCUT2D eigenvalue weighted by atomic mass is 9.95. The number of hydrogen-bond acceptors (Lipinski definition) is 3. The number of fused-ring (bicyclic) bond motifs is 1. The highest BCUT2D eigenvalue weighted by atomic mass is 16.6. The lowest BCUT2D eigenvalue weighted by Gasteiger charge is -2.13. The average Bonchev–Trinajstić information content (AvgIpc) is 2.17. The van der Waals surface area contributed by atoms with Crippen molar-refractivity contribution in [2.24, 2.45) is 0 Å². The molecule has 68 valence electrons. The maximum atomic E-state index is 10.7. The van der Waals surface area contributed by atoms with E-state index in [9.17, 15) is 10.1 Å². The van der Waals surface area contributed by atoms with Gasteiger partial charge in [-0.2, -0.15) is 0 Å². The van der Waals surface area contributed by atoms with Crippen LogP contribution in [0.2, 0.25) is 0 Å². The first-order valence-corrected chi connectivity index (χ1v) is 4.40. The third-order valence-electron chi connectivity index (χ3n) is 2.41. The molecule has 13 heavy (non-hydrogen) atoms. The number of nitrogens with zero attached hydrogens (tertiary/aromatic N) is 2. The number of hydrogen-bond donors (Lipinski definition) is 0. The van der Waals surface area contributed by atoms with E-state index in [1.807, 2.05) is 0 Å². The van der Waals surface area contributed by atoms with Crippen LogP contribution in [-0.2, 0) is 12.8 Å². The van der Waals surface area contributed by atoms with Crippen LogP contribution in [0.15, 0.2) is 12.3 Å². The van der Waals surface area contributed by atoms with Gasteiger partial charge >= 0.3 is 0 Å². The van der Waals surface area contributed by atoms with Crippen LogP contribution in [0.1, 0.15) is 24.1 Å². The van der Waals surface area contributed by atoms with E-state index in [1.165, 1.54) is 12.3 Å². The Balaban J connectivity index is 2.52. The number of pyridine rings is 1. The second-order valence-electron chi connectivity index (χ2n) is 3.22. The highest BCUT2D eigenvalue weighted by Crippen LogP contribution is 2.27. The van der Waals surface area contributed by atoms with Crippen molar-refractivity contribution in [2.75, 3.05) is 0 Å². The van der Waals surface area contributed by atoms with Gasteiger partial charge in [0.25, 0.3) is 5.69 Å². The molecule has 1 heterocycles. The van der Waals surface area contributed by atoms with Crippen LogP contribution in [0, 0.1) is 10.1 Å². The zero-order valence-electron chi connectivity index (χ0n) is 7.19. The lowest BCUT2D eigenvalue weighted by Crippen LogP contribution is -2.07. The lowest BCUT2D eigenvalue weighted by molar-refractivity contribution is -0.385. The number of rotatable bonds is 1. The number of nitro groups is 1. The molecule has 0 unspecified atom stereocenters. The quantitative estimate of drug-likeness (QED) is 0.487. The fourth-order valence-corrected chi connectivity index (χ4v) is 1.78. The molecule has 2 rings (SSSR count). The Morgan fingerprint density at radius 2 is 2.15 bits per heavy atom. The Labute approximate surface area is 75.8 Å². The topological polar surface area (TPSA) is 56.0 Å². The summed E-state index contributed by atoms with van der Waals surface area (Å²) in [7, 11) is 0. The molecule has 0 saturated heterocycles. The van der Waals surface area contributed by atoms with Crippen LogP contribution in [0.5, 0.6) is 0 Å². The SMILES string of the molecule is O=[N+]([O-])c1ccnc2c1CCCC2. The van der Waals surface area contributed by atoms with Crippen molar-refractivity contribution in [3.05, 3.63) is 33.6 Å². The molecule has 0 spiro atoms. The van der Waals surface area contributed by atoms with Crippen molar-refractivity contribution >= 4 is 5.69 Å². The summed E-state index contributed by atoms with van der Waals surface area (Å²) < 4.78 is 0. The Hall–Kier alpha value is -1.45. The Bertz CT molecular complexity index is 349. The molecule has 0 bridgehead atoms. The molecule has 0 atom stereocenters. The van der Waals surface area contributed by atoms with E-state index in [2.05, 4.69) is 4.98 Å². The predicted octanol–water partition coefficient (Wildman–Crippen LogP) is 1.87. The summed E-state index contributed by atoms with van der Waals surface area (Å²) in [6, 6.07) is 1.49. The molecular weight excluding hydrogens is 168 g/mol. The first kappa shape index (κ1) is 8.16. The molecule has 1 aromatic heterocycles. The minimum absolute atomic E-state index is 0.240. The maximum absolute atomic E-state index is 10.7. The van der Waals surface area contributed by atoms with Gasteiger partial charge in [0.05, 0.1) is 16.2 Å². The Kier molecular flexibility index (Phi) is 1.96. The second-order valence-corrected chi connectivity index (χ2v) is 3.22. The van der Waals surface area contributed by atoms with Crippen LogP contribution in [0.3, 0.4) is 0 Å². The molecular formula is C9H10N2O2. The fraction of sp³-hybridized carbons (Fsp3) is 0.444. The van der Waals surface area contributed by atoms with Gasteiger partial charge in [-0.15, -0.1) is 0 Å². The maximum Gasteiger partial charge on any atom is 0.275 e. The van der Waals surface area contributed by atoms with Gasteiger partial charge in [-0.25, -0.2) is 0 Å². The van der Waals surface area contributed by atoms with Crippen molar-refractivity contribution in [1.29, 1.82) is 0 Å². The monoisotopic (exact) mass is 178 g/mol. The van der Waals surface area contributed by atoms with Gasteiger partial charge in [-0.05, 0) is 25.7 Å². The predicted molar refractivity (Wildman–Crippen MR) is 47.5 cm³/mol. The standard InChI is InChI=1S/C9H10N2O2/c12-11(13)9-5-6-10-8-4-2-1-3-7(8)9/h5-6H,1-4H2. The van der Waals surface area contributed by atoms with E-state index < -0.39 is 0 Å². The van der Waals surface area contributed by atoms with Gasteiger partial charge in [-0.1, -0.05) is 0 Å². The normalized spacial score (nSPS) is 15.1. The van der Waals surface area contributed by atoms with E-state index >= 15 is 0 Å². The molecule has 0 aromatic carbocycles. The minimum Gasteiger partial charge on any atom is -0.261 e. The molecule has 0 amide bonds. The summed E-state index contributed by atoms with van der Waals surface area (Å²) >= 11 is 0. The van der Waals surface area contributed by atoms with Crippen LogP contribution >= 0.6 is 0 Å². The summed E-state index contributed by atoms with van der Waals surface area (Å²) in [6.07, 6.45) is 5.36. The van der Waals surface area contributed by atoms with Gasteiger partial charge in [0, 0.05) is 12.3 Å². The van der Waals surface area contributed by atoms with Crippen molar-refractivity contribution in [1.82, 2.24) is 4.98 Å². The van der Waals surface area contributed by atoms with Gasteiger partial charge in [0.15, 0.2) is 0 Å². The van der Waals surface area contributed by atoms with Crippen molar-refractivity contribution in [3.8, 4) is 0 Å². The zero-order valence-corrected chi connectivity index (χ0v) is 7.19. The summed E-state index contributed by atoms with van der Waals surface area (Å²) in [5.41, 5.74) is 2.00. The molecule has 0 aliphatic heterocycles. The third-order valence-corrected chi connectivity index (χ3v) is 2.41. The fourth-order valence-electron chi connectivity index (χ4n) is 1.78. The first-order chi connectivity index (χ1) is 6.29. The molecule has 0 N–H and O–H groups in total. The minimum atomic E-state index is -0.314. The molecule has 1 aromatic rings. The molecule has 0 radical (unpaired) electrons. The average molecular weight is 178 g/mol. The number of aryl methyl sites for hydroxylation is 1. The van der Waals surface area contributed by atoms with E-state index in [-0.39, 0.29) is 10.6 Å². The highest BCUT2D eigenvalue weighted by Gasteiger charge is 2.20. The number of aromatic nitrogens is 1. The molecule has 1 aliphatic carbocycles. The molecule has 4 nitrogen and oxygen atoms in total. The zero-order chi connectivity index (χ0) is 9.26. The second kappa shape index (κ2) is 3.12. The third kappa shape index (κ3) is 1.39. The van der Waals surface area contributed by atoms with E-state index in [1.54, 1.807) is 0 Å². The summed E-state index contributed by atoms with van der Waals surface area (Å²) in [4.78, 5) is 14.5. The summed E-state index contributed by atoms with van der Waals surface area (Å²) in [6.45, 7) is 0. The van der Waals surface area contributed by atoms with Crippen LogP contribution in [0.25, 0.3) is 0 Å². The van der Waals surface area contributed by atoms with Gasteiger partial charge in [0.2, 0.25) is 0 Å². The van der Waals surface area contributed by atoms with Crippen LogP contribution in [-0.4, -0.2) is 9.91 Å². The molecule has 0 fully saturated rings. The van der Waals surface area contributed by atoms with Crippen LogP contribution in [0.4, 0.5) is 5.69 Å². The van der Waals surface area contributed by atoms with E-state index in [4.69, 9.17) is 0 Å². The van der Waals surface area contributed by atoms with Gasteiger partial charge in [-0.3, -0.25) is 15.1 Å². The Morgan fingerprint density at radius 1 is 1.38 bits per heavy atom. The van der Waals surface area contributed by atoms with E-state index in [0.29, 0.717) is 0 Å². The van der Waals surface area contributed by atoms with E-state index in [0.717, 1.165) is 36.9 Å². The van der Waals surface area contributed by atoms with Crippen molar-refractivity contribution in [3.63, 3.8) is 0 Å². The highest BCUT2D eigenvalue weighted by molar-refractivity contribution is 5.42. The molecule has 1 aliphatic rings. The van der Waals surface area contributed by atoms with Gasteiger partial charge < -0.3 is 0 Å². The van der Waals surface area contributed by atoms with Crippen LogP contribution < -0.4 is 0 Å². The molecule has 0 saturated carbocycles. The van der Waals surface area contributed by atoms with Crippen molar-refractivity contribution < 1.29 is 4.92 Å². The summed E-state index contributed by atoms with van der Waals surface area (Å²) in [5.74, 6) is 0. The smallest absolute Gasteiger partial charge is 0.261 e. The van der Waals surface area contributed by atoms with Gasteiger partial charge in [0.1, 0.15) is 0 Å². The molecule has 4 heteroatoms. The first-order valence-electron chi connectivity index (χ1n) is 4.40. The summed E-state index contributed by atoms with van der Waals surface area (Å²) in [5, 5.41) is 10.7. The Morgan fingerprint density at radius 3 is 2.92 bits per heavy atom.